The van der Waals surface area contributed by atoms with E-state index in [-0.39, 0.29) is 0 Å². The average molecular weight is 113 g/mol. The predicted molar refractivity (Wildman–Crippen MR) is 31.4 cm³/mol. The molecule has 0 radical (unpaired) electrons. The molecule has 2 heteroatoms. The molecule has 0 rings (SSSR count). The molecule has 0 aromatic rings. The van der Waals surface area contributed by atoms with Gasteiger partial charge in [-0.2, -0.15) is 0 Å². The third kappa shape index (κ3) is 5.08. The van der Waals surface area contributed by atoms with E-state index in [1.807, 2.05) is 13.8 Å². The van der Waals surface area contributed by atoms with Gasteiger partial charge >= 0.3 is 5.97 Å². The average Bonchev–Trinajstić information content (AvgIpc) is 1.61. The maximum absolute atomic E-state index is 9.80. The van der Waals surface area contributed by atoms with Crippen LogP contribution in [0.3, 0.4) is 0 Å². The number of carboxylic acids is 1. The highest BCUT2D eigenvalue weighted by molar-refractivity contribution is 5.79. The third-order valence-electron chi connectivity index (χ3n) is 0.559. The summed E-state index contributed by atoms with van der Waals surface area (Å²) >= 11 is 0. The van der Waals surface area contributed by atoms with Crippen molar-refractivity contribution in [2.75, 3.05) is 0 Å². The SMILES string of the molecule is CC(C)=C[CH+]C(=O)O. The summed E-state index contributed by atoms with van der Waals surface area (Å²) in [5, 5.41) is 8.06. The topological polar surface area (TPSA) is 37.3 Å². The van der Waals surface area contributed by atoms with Crippen molar-refractivity contribution in [3.63, 3.8) is 0 Å². The smallest absolute Gasteiger partial charge is 0.413 e. The normalized spacial score (nSPS) is 7.75. The fourth-order valence-corrected chi connectivity index (χ4v) is 0.238. The monoisotopic (exact) mass is 113 g/mol. The summed E-state index contributed by atoms with van der Waals surface area (Å²) < 4.78 is 0. The van der Waals surface area contributed by atoms with E-state index in [2.05, 4.69) is 0 Å². The molecule has 0 atom stereocenters. The second-order valence-electron chi connectivity index (χ2n) is 1.75. The Kier molecular flexibility index (Phi) is 2.77. The fourth-order valence-electron chi connectivity index (χ4n) is 0.238. The standard InChI is InChI=1S/C6H8O2/c1-5(2)3-4-6(7)8/h3-4H,1-2H3/p+1. The van der Waals surface area contributed by atoms with E-state index in [1.54, 1.807) is 6.08 Å². The van der Waals surface area contributed by atoms with Crippen molar-refractivity contribution < 1.29 is 9.90 Å². The van der Waals surface area contributed by atoms with Gasteiger partial charge in [0.2, 0.25) is 0 Å². The van der Waals surface area contributed by atoms with Crippen molar-refractivity contribution in [2.24, 2.45) is 0 Å². The van der Waals surface area contributed by atoms with Crippen LogP contribution >= 0.6 is 0 Å². The summed E-state index contributed by atoms with van der Waals surface area (Å²) in [7, 11) is 0. The van der Waals surface area contributed by atoms with Crippen LogP contribution in [0.4, 0.5) is 0 Å². The Morgan fingerprint density at radius 2 is 2.12 bits per heavy atom. The zero-order valence-corrected chi connectivity index (χ0v) is 5.01. The molecule has 0 unspecified atom stereocenters. The van der Waals surface area contributed by atoms with Crippen molar-refractivity contribution in [2.45, 2.75) is 13.8 Å². The van der Waals surface area contributed by atoms with Crippen molar-refractivity contribution in [1.82, 2.24) is 0 Å². The van der Waals surface area contributed by atoms with E-state index < -0.39 is 5.97 Å². The molecular formula is C6H9O2+. The molecule has 0 heterocycles. The number of allylic oxidation sites excluding steroid dienone is 1. The van der Waals surface area contributed by atoms with Gasteiger partial charge in [-0.15, -0.1) is 0 Å². The van der Waals surface area contributed by atoms with E-state index in [9.17, 15) is 4.79 Å². The van der Waals surface area contributed by atoms with Crippen LogP contribution in [0.15, 0.2) is 11.6 Å². The lowest BCUT2D eigenvalue weighted by Gasteiger charge is -1.74. The van der Waals surface area contributed by atoms with Gasteiger partial charge in [-0.05, 0) is 0 Å². The van der Waals surface area contributed by atoms with Crippen LogP contribution in [0.25, 0.3) is 0 Å². The third-order valence-corrected chi connectivity index (χ3v) is 0.559. The Morgan fingerprint density at radius 3 is 2.25 bits per heavy atom. The number of rotatable bonds is 2. The van der Waals surface area contributed by atoms with Crippen molar-refractivity contribution in [1.29, 1.82) is 0 Å². The van der Waals surface area contributed by atoms with Gasteiger partial charge in [0.25, 0.3) is 0 Å². The molecule has 2 nitrogen and oxygen atoms in total. The molecule has 0 spiro atoms. The van der Waals surface area contributed by atoms with E-state index in [1.165, 1.54) is 0 Å². The number of carbonyl (C=O) groups is 1. The quantitative estimate of drug-likeness (QED) is 0.547. The second kappa shape index (κ2) is 3.13. The maximum atomic E-state index is 9.80. The van der Waals surface area contributed by atoms with Crippen LogP contribution in [-0.2, 0) is 4.79 Å². The molecule has 1 N–H and O–H groups in total. The lowest BCUT2D eigenvalue weighted by Crippen LogP contribution is -1.91. The van der Waals surface area contributed by atoms with Crippen molar-refractivity contribution >= 4 is 5.97 Å². The van der Waals surface area contributed by atoms with Crippen LogP contribution in [0.5, 0.6) is 0 Å². The highest BCUT2D eigenvalue weighted by Crippen LogP contribution is 1.89. The molecule has 0 bridgehead atoms. The largest absolute Gasteiger partial charge is 0.463 e. The first kappa shape index (κ1) is 7.08. The zero-order valence-electron chi connectivity index (χ0n) is 5.01. The Balaban J connectivity index is 3.45. The zero-order chi connectivity index (χ0) is 6.57. The molecule has 0 aliphatic carbocycles. The number of carboxylic acid groups (broad SMARTS) is 1. The first-order chi connectivity index (χ1) is 3.63. The van der Waals surface area contributed by atoms with Crippen LogP contribution in [0, 0.1) is 6.42 Å². The Bertz CT molecular complexity index is 110. The predicted octanol–water partition coefficient (Wildman–Crippen LogP) is 1.24. The molecule has 0 aliphatic rings. The Morgan fingerprint density at radius 1 is 1.62 bits per heavy atom. The first-order valence-corrected chi connectivity index (χ1v) is 2.34. The van der Waals surface area contributed by atoms with E-state index in [4.69, 9.17) is 5.11 Å². The number of aliphatic carboxylic acids is 1. The second-order valence-corrected chi connectivity index (χ2v) is 1.75. The fraction of sp³-hybridized carbons (Fsp3) is 0.333. The van der Waals surface area contributed by atoms with Gasteiger partial charge < -0.3 is 5.11 Å². The van der Waals surface area contributed by atoms with Crippen molar-refractivity contribution in [3.05, 3.63) is 18.1 Å². The van der Waals surface area contributed by atoms with Gasteiger partial charge in [-0.1, -0.05) is 0 Å². The molecule has 44 valence electrons. The van der Waals surface area contributed by atoms with Gasteiger partial charge in [0.15, 0.2) is 6.42 Å². The highest BCUT2D eigenvalue weighted by atomic mass is 16.4. The first-order valence-electron chi connectivity index (χ1n) is 2.34. The molecule has 0 fully saturated rings. The van der Waals surface area contributed by atoms with Gasteiger partial charge in [0.1, 0.15) is 6.08 Å². The van der Waals surface area contributed by atoms with Gasteiger partial charge in [-0.3, -0.25) is 0 Å². The number of hydrogen-bond donors (Lipinski definition) is 1. The molecule has 8 heavy (non-hydrogen) atoms. The van der Waals surface area contributed by atoms with E-state index in [0.29, 0.717) is 0 Å². The molecule has 0 amide bonds. The summed E-state index contributed by atoms with van der Waals surface area (Å²) in [6.45, 7) is 3.69. The molecule has 0 aromatic carbocycles. The van der Waals surface area contributed by atoms with E-state index >= 15 is 0 Å². The summed E-state index contributed by atoms with van der Waals surface area (Å²) in [4.78, 5) is 9.80. The van der Waals surface area contributed by atoms with Crippen molar-refractivity contribution in [3.8, 4) is 0 Å². The summed E-state index contributed by atoms with van der Waals surface area (Å²) in [5.41, 5.74) is 0.993. The Hall–Kier alpha value is -0.920. The molecular weight excluding hydrogens is 104 g/mol. The van der Waals surface area contributed by atoms with Gasteiger partial charge in [0.05, 0.1) is 0 Å². The Labute approximate surface area is 48.8 Å². The molecule has 0 saturated carbocycles. The minimum absolute atomic E-state index is 0.897. The van der Waals surface area contributed by atoms with Crippen LogP contribution in [0.1, 0.15) is 13.8 Å². The summed E-state index contributed by atoms with van der Waals surface area (Å²) in [5.74, 6) is -0.897. The lowest BCUT2D eigenvalue weighted by atomic mass is 10.3. The molecule has 0 aliphatic heterocycles. The number of hydrogen-bond acceptors (Lipinski definition) is 1. The van der Waals surface area contributed by atoms with Gasteiger partial charge in [0, 0.05) is 19.4 Å². The molecule has 0 saturated heterocycles. The summed E-state index contributed by atoms with van der Waals surface area (Å²) in [6.07, 6.45) is 2.68. The lowest BCUT2D eigenvalue weighted by molar-refractivity contribution is -0.132. The van der Waals surface area contributed by atoms with E-state index in [0.717, 1.165) is 12.0 Å². The minimum atomic E-state index is -0.897. The van der Waals surface area contributed by atoms with Crippen LogP contribution < -0.4 is 0 Å². The highest BCUT2D eigenvalue weighted by Gasteiger charge is 1.98. The maximum Gasteiger partial charge on any atom is 0.413 e. The van der Waals surface area contributed by atoms with Crippen LogP contribution in [-0.4, -0.2) is 11.1 Å². The molecule has 0 aromatic heterocycles. The summed E-state index contributed by atoms with van der Waals surface area (Å²) in [6, 6.07) is 0. The van der Waals surface area contributed by atoms with Crippen LogP contribution in [0.2, 0.25) is 0 Å². The van der Waals surface area contributed by atoms with Gasteiger partial charge in [-0.25, -0.2) is 4.79 Å². The minimum Gasteiger partial charge on any atom is -0.463 e.